The molecule has 0 atom stereocenters. The van der Waals surface area contributed by atoms with Crippen molar-refractivity contribution < 1.29 is 0 Å². The fourth-order valence-electron chi connectivity index (χ4n) is 6.81. The molecule has 0 N–H and O–H groups in total. The van der Waals surface area contributed by atoms with Crippen molar-refractivity contribution in [2.45, 2.75) is 0 Å². The van der Waals surface area contributed by atoms with Crippen LogP contribution in [0.4, 0.5) is 0 Å². The van der Waals surface area contributed by atoms with Crippen LogP contribution in [0.25, 0.3) is 75.2 Å². The van der Waals surface area contributed by atoms with Crippen LogP contribution in [-0.4, -0.2) is 0 Å². The molecule has 8 aromatic carbocycles. The van der Waals surface area contributed by atoms with Gasteiger partial charge in [-0.15, -0.1) is 11.8 Å². The molecule has 2 heteroatoms. The Morgan fingerprint density at radius 3 is 1.20 bits per heavy atom. The van der Waals surface area contributed by atoms with Crippen molar-refractivity contribution in [2.75, 3.05) is 0 Å². The third-order valence-electron chi connectivity index (χ3n) is 9.04. The van der Waals surface area contributed by atoms with E-state index < -0.39 is 0 Å². The number of hydrogen-bond donors (Lipinski definition) is 0. The van der Waals surface area contributed by atoms with E-state index in [2.05, 4.69) is 169 Å². The van der Waals surface area contributed by atoms with Gasteiger partial charge in [-0.2, -0.15) is 0 Å². The van der Waals surface area contributed by atoms with Crippen LogP contribution in [0.5, 0.6) is 0 Å². The number of fused-ring (bicyclic) bond motifs is 4. The summed E-state index contributed by atoms with van der Waals surface area (Å²) in [6, 6.07) is 57.7. The first-order chi connectivity index (χ1) is 22.8. The quantitative estimate of drug-likeness (QED) is 0.192. The third kappa shape index (κ3) is 4.73. The molecule has 1 aliphatic rings. The summed E-state index contributed by atoms with van der Waals surface area (Å²) in [6.07, 6.45) is 0. The molecule has 0 saturated heterocycles. The van der Waals surface area contributed by atoms with Crippen molar-refractivity contribution in [3.8, 4) is 22.3 Å². The van der Waals surface area contributed by atoms with E-state index in [4.69, 9.17) is 0 Å². The summed E-state index contributed by atoms with van der Waals surface area (Å²) in [5.74, 6) is 0. The zero-order valence-corrected chi connectivity index (χ0v) is 26.6. The minimum Gasteiger partial charge on any atom is -0.104 e. The van der Waals surface area contributed by atoms with Gasteiger partial charge in [0, 0.05) is 20.9 Å². The van der Waals surface area contributed by atoms with Crippen LogP contribution in [0.2, 0.25) is 0 Å². The molecule has 0 nitrogen and oxygen atoms in total. The molecule has 0 aliphatic carbocycles. The van der Waals surface area contributed by atoms with Crippen LogP contribution < -0.4 is 0 Å². The molecule has 0 unspecified atom stereocenters. The van der Waals surface area contributed by atoms with Crippen molar-refractivity contribution in [1.29, 1.82) is 0 Å². The van der Waals surface area contributed by atoms with Gasteiger partial charge in [0.25, 0.3) is 0 Å². The summed E-state index contributed by atoms with van der Waals surface area (Å²) in [4.78, 5) is 2.56. The van der Waals surface area contributed by atoms with Crippen molar-refractivity contribution in [1.82, 2.24) is 0 Å². The molecule has 0 amide bonds. The number of benzene rings is 8. The van der Waals surface area contributed by atoms with E-state index in [1.807, 2.05) is 11.8 Å². The van der Waals surface area contributed by atoms with E-state index in [0.29, 0.717) is 0 Å². The first kappa shape index (κ1) is 27.3. The third-order valence-corrected chi connectivity index (χ3v) is 11.2. The lowest BCUT2D eigenvalue weighted by atomic mass is 9.92. The molecule has 1 heterocycles. The Morgan fingerprint density at radius 1 is 0.326 bits per heavy atom. The summed E-state index contributed by atoms with van der Waals surface area (Å²) >= 11 is 3.68. The highest BCUT2D eigenvalue weighted by Crippen LogP contribution is 2.52. The minimum atomic E-state index is 1.24. The maximum atomic E-state index is 2.34. The monoisotopic (exact) mass is 620 g/mol. The van der Waals surface area contributed by atoms with Crippen LogP contribution in [0, 0.1) is 0 Å². The molecule has 46 heavy (non-hydrogen) atoms. The Labute approximate surface area is 277 Å². The van der Waals surface area contributed by atoms with Gasteiger partial charge in [0.2, 0.25) is 0 Å². The van der Waals surface area contributed by atoms with Gasteiger partial charge in [-0.3, -0.25) is 0 Å². The number of rotatable bonds is 4. The van der Waals surface area contributed by atoms with Crippen LogP contribution in [0.3, 0.4) is 0 Å². The average molecular weight is 621 g/mol. The van der Waals surface area contributed by atoms with Crippen molar-refractivity contribution >= 4 is 76.4 Å². The molecular weight excluding hydrogens is 593 g/mol. The zero-order valence-electron chi connectivity index (χ0n) is 25.0. The van der Waals surface area contributed by atoms with E-state index in [1.54, 1.807) is 11.8 Å². The Balaban J connectivity index is 1.22. The van der Waals surface area contributed by atoms with Gasteiger partial charge in [-0.1, -0.05) is 157 Å². The zero-order chi connectivity index (χ0) is 30.5. The first-order valence-electron chi connectivity index (χ1n) is 15.6. The molecule has 0 bridgehead atoms. The smallest absolute Gasteiger partial charge is 0.0274 e. The lowest BCUT2D eigenvalue weighted by Crippen LogP contribution is -1.95. The van der Waals surface area contributed by atoms with Gasteiger partial charge in [-0.25, -0.2) is 0 Å². The maximum Gasteiger partial charge on any atom is 0.0274 e. The Kier molecular flexibility index (Phi) is 6.77. The van der Waals surface area contributed by atoms with Crippen LogP contribution >= 0.6 is 23.5 Å². The SMILES string of the molecule is C1=C(c2c(-c3ccc4ccccc4c3)ccc3ccccc23)SC(c2c(-c3ccc4ccccc4c3)ccc3ccccc23)=CS1. The van der Waals surface area contributed by atoms with E-state index in [0.717, 1.165) is 0 Å². The maximum absolute atomic E-state index is 2.34. The highest BCUT2D eigenvalue weighted by atomic mass is 32.2. The molecule has 9 rings (SSSR count). The summed E-state index contributed by atoms with van der Waals surface area (Å²) in [6.45, 7) is 0. The lowest BCUT2D eigenvalue weighted by molar-refractivity contribution is 1.64. The van der Waals surface area contributed by atoms with Crippen molar-refractivity contribution in [3.05, 3.63) is 180 Å². The van der Waals surface area contributed by atoms with E-state index in [1.165, 1.54) is 86.3 Å². The van der Waals surface area contributed by atoms with E-state index >= 15 is 0 Å². The molecule has 0 saturated carbocycles. The molecule has 0 radical (unpaired) electrons. The fraction of sp³-hybridized carbons (Fsp3) is 0. The normalized spacial score (nSPS) is 13.3. The Hall–Kier alpha value is -5.02. The second-order valence-corrected chi connectivity index (χ2v) is 13.6. The number of thioether (sulfide) groups is 2. The molecule has 0 fully saturated rings. The standard InChI is InChI=1S/C44H28S2/c1-3-13-33-25-35(19-17-29(33)9-1)39-23-21-31-11-5-7-15-37(31)43(39)41-27-45-28-42(46-41)44-38-16-8-6-12-32(38)22-24-40(44)36-20-18-30-10-2-4-14-34(30)26-36/h1-28H. The Morgan fingerprint density at radius 2 is 0.717 bits per heavy atom. The molecule has 216 valence electrons. The van der Waals surface area contributed by atoms with Gasteiger partial charge in [0.05, 0.1) is 0 Å². The first-order valence-corrected chi connectivity index (χ1v) is 17.3. The largest absolute Gasteiger partial charge is 0.104 e. The predicted molar refractivity (Wildman–Crippen MR) is 205 cm³/mol. The average Bonchev–Trinajstić information content (AvgIpc) is 3.13. The second kappa shape index (κ2) is 11.4. The minimum absolute atomic E-state index is 1.24. The predicted octanol–water partition coefficient (Wildman–Crippen LogP) is 13.4. The van der Waals surface area contributed by atoms with Gasteiger partial charge >= 0.3 is 0 Å². The van der Waals surface area contributed by atoms with Gasteiger partial charge < -0.3 is 0 Å². The van der Waals surface area contributed by atoms with Gasteiger partial charge in [0.1, 0.15) is 0 Å². The number of hydrogen-bond acceptors (Lipinski definition) is 2. The van der Waals surface area contributed by atoms with Gasteiger partial charge in [0.15, 0.2) is 0 Å². The van der Waals surface area contributed by atoms with E-state index in [-0.39, 0.29) is 0 Å². The molecule has 0 aromatic heterocycles. The van der Waals surface area contributed by atoms with Crippen molar-refractivity contribution in [3.63, 3.8) is 0 Å². The lowest BCUT2D eigenvalue weighted by Gasteiger charge is -2.22. The van der Waals surface area contributed by atoms with E-state index in [9.17, 15) is 0 Å². The molecule has 0 spiro atoms. The van der Waals surface area contributed by atoms with Crippen LogP contribution in [0.1, 0.15) is 11.1 Å². The molecule has 1 aliphatic heterocycles. The topological polar surface area (TPSA) is 0 Å². The highest BCUT2D eigenvalue weighted by molar-refractivity contribution is 8.20. The molecule has 8 aromatic rings. The summed E-state index contributed by atoms with van der Waals surface area (Å²) < 4.78 is 0. The Bertz CT molecular complexity index is 2360. The summed E-state index contributed by atoms with van der Waals surface area (Å²) in [7, 11) is 0. The van der Waals surface area contributed by atoms with Gasteiger partial charge in [-0.05, 0) is 88.3 Å². The van der Waals surface area contributed by atoms with Crippen LogP contribution in [-0.2, 0) is 0 Å². The molecular formula is C44H28S2. The summed E-state index contributed by atoms with van der Waals surface area (Å²) in [5, 5.41) is 14.8. The van der Waals surface area contributed by atoms with Crippen LogP contribution in [0.15, 0.2) is 169 Å². The highest BCUT2D eigenvalue weighted by Gasteiger charge is 2.22. The fourth-order valence-corrected chi connectivity index (χ4v) is 8.96. The second-order valence-electron chi connectivity index (χ2n) is 11.7. The summed E-state index contributed by atoms with van der Waals surface area (Å²) in [5.41, 5.74) is 7.59. The van der Waals surface area contributed by atoms with Crippen molar-refractivity contribution in [2.24, 2.45) is 0 Å².